The van der Waals surface area contributed by atoms with Crippen molar-refractivity contribution in [3.63, 3.8) is 0 Å². The number of aryl methyl sites for hydroxylation is 1. The molecule has 0 aliphatic carbocycles. The highest BCUT2D eigenvalue weighted by Crippen LogP contribution is 2.16. The molecule has 98 valence electrons. The third-order valence-corrected chi connectivity index (χ3v) is 3.63. The minimum Gasteiger partial charge on any atom is -0.480 e. The summed E-state index contributed by atoms with van der Waals surface area (Å²) < 4.78 is 0. The SMILES string of the molecule is Cc1cccc(C[C@H](C(=O)O)N2CCCCC2)c1. The quantitative estimate of drug-likeness (QED) is 0.888. The number of hydrogen-bond acceptors (Lipinski definition) is 2. The highest BCUT2D eigenvalue weighted by molar-refractivity contribution is 5.74. The topological polar surface area (TPSA) is 40.5 Å². The van der Waals surface area contributed by atoms with Gasteiger partial charge in [0.2, 0.25) is 0 Å². The van der Waals surface area contributed by atoms with Crippen LogP contribution in [0.5, 0.6) is 0 Å². The van der Waals surface area contributed by atoms with Gasteiger partial charge < -0.3 is 5.11 Å². The molecular weight excluding hydrogens is 226 g/mol. The predicted molar refractivity (Wildman–Crippen MR) is 71.7 cm³/mol. The molecule has 1 N–H and O–H groups in total. The maximum atomic E-state index is 11.4. The summed E-state index contributed by atoms with van der Waals surface area (Å²) in [6, 6.07) is 7.78. The summed E-state index contributed by atoms with van der Waals surface area (Å²) in [4.78, 5) is 13.6. The number of carboxylic acid groups (broad SMARTS) is 1. The van der Waals surface area contributed by atoms with Crippen LogP contribution in [0.3, 0.4) is 0 Å². The van der Waals surface area contributed by atoms with Gasteiger partial charge in [-0.3, -0.25) is 9.69 Å². The number of nitrogens with zero attached hydrogens (tertiary/aromatic N) is 1. The first kappa shape index (κ1) is 13.1. The lowest BCUT2D eigenvalue weighted by Crippen LogP contribution is -2.45. The van der Waals surface area contributed by atoms with Gasteiger partial charge in [-0.1, -0.05) is 36.2 Å². The van der Waals surface area contributed by atoms with Crippen molar-refractivity contribution in [1.29, 1.82) is 0 Å². The Balaban J connectivity index is 2.08. The Kier molecular flexibility index (Phi) is 4.37. The number of likely N-dealkylation sites (tertiary alicyclic amines) is 1. The van der Waals surface area contributed by atoms with E-state index >= 15 is 0 Å². The van der Waals surface area contributed by atoms with Gasteiger partial charge in [-0.25, -0.2) is 0 Å². The van der Waals surface area contributed by atoms with Crippen molar-refractivity contribution < 1.29 is 9.90 Å². The van der Waals surface area contributed by atoms with Gasteiger partial charge in [-0.05, 0) is 44.8 Å². The molecule has 1 aliphatic rings. The van der Waals surface area contributed by atoms with Crippen LogP contribution in [0.1, 0.15) is 30.4 Å². The van der Waals surface area contributed by atoms with E-state index in [1.54, 1.807) is 0 Å². The monoisotopic (exact) mass is 247 g/mol. The molecule has 1 aromatic carbocycles. The Hall–Kier alpha value is -1.35. The number of rotatable bonds is 4. The van der Waals surface area contributed by atoms with E-state index in [0.717, 1.165) is 31.5 Å². The van der Waals surface area contributed by atoms with Crippen LogP contribution in [0.4, 0.5) is 0 Å². The van der Waals surface area contributed by atoms with E-state index < -0.39 is 5.97 Å². The molecule has 0 bridgehead atoms. The summed E-state index contributed by atoms with van der Waals surface area (Å²) in [5.74, 6) is -0.696. The third-order valence-electron chi connectivity index (χ3n) is 3.63. The minimum atomic E-state index is -0.696. The Bertz CT molecular complexity index is 411. The predicted octanol–water partition coefficient (Wildman–Crippen LogP) is 2.48. The fourth-order valence-corrected chi connectivity index (χ4v) is 2.67. The Morgan fingerprint density at radius 1 is 1.33 bits per heavy atom. The number of carbonyl (C=O) groups is 1. The molecule has 1 saturated heterocycles. The maximum absolute atomic E-state index is 11.4. The first-order valence-corrected chi connectivity index (χ1v) is 6.69. The lowest BCUT2D eigenvalue weighted by atomic mass is 10.0. The first-order valence-electron chi connectivity index (χ1n) is 6.69. The zero-order valence-corrected chi connectivity index (χ0v) is 10.9. The molecule has 1 heterocycles. The largest absolute Gasteiger partial charge is 0.480 e. The third kappa shape index (κ3) is 3.33. The lowest BCUT2D eigenvalue weighted by molar-refractivity contribution is -0.143. The normalized spacial score (nSPS) is 18.5. The van der Waals surface area contributed by atoms with Crippen LogP contribution in [0, 0.1) is 6.92 Å². The van der Waals surface area contributed by atoms with Gasteiger partial charge in [0, 0.05) is 0 Å². The van der Waals surface area contributed by atoms with E-state index in [2.05, 4.69) is 11.0 Å². The molecule has 2 rings (SSSR count). The van der Waals surface area contributed by atoms with Gasteiger partial charge in [-0.2, -0.15) is 0 Å². The molecule has 18 heavy (non-hydrogen) atoms. The molecule has 0 amide bonds. The van der Waals surface area contributed by atoms with Crippen molar-refractivity contribution in [2.75, 3.05) is 13.1 Å². The van der Waals surface area contributed by atoms with E-state index in [9.17, 15) is 9.90 Å². The van der Waals surface area contributed by atoms with Gasteiger partial charge >= 0.3 is 5.97 Å². The summed E-state index contributed by atoms with van der Waals surface area (Å²) in [5, 5.41) is 9.41. The van der Waals surface area contributed by atoms with Crippen molar-refractivity contribution in [3.8, 4) is 0 Å². The van der Waals surface area contributed by atoms with Crippen molar-refractivity contribution in [1.82, 2.24) is 4.90 Å². The molecule has 1 aromatic rings. The lowest BCUT2D eigenvalue weighted by Gasteiger charge is -2.32. The molecule has 3 nitrogen and oxygen atoms in total. The van der Waals surface area contributed by atoms with Crippen LogP contribution in [0.2, 0.25) is 0 Å². The summed E-state index contributed by atoms with van der Waals surface area (Å²) in [7, 11) is 0. The molecule has 1 aliphatic heterocycles. The van der Waals surface area contributed by atoms with Crippen molar-refractivity contribution in [2.24, 2.45) is 0 Å². The van der Waals surface area contributed by atoms with Gasteiger partial charge in [0.05, 0.1) is 0 Å². The van der Waals surface area contributed by atoms with Crippen molar-refractivity contribution >= 4 is 5.97 Å². The fraction of sp³-hybridized carbons (Fsp3) is 0.533. The summed E-state index contributed by atoms with van der Waals surface area (Å²) in [6.07, 6.45) is 4.08. The van der Waals surface area contributed by atoms with Crippen LogP contribution in [-0.2, 0) is 11.2 Å². The van der Waals surface area contributed by atoms with E-state index in [4.69, 9.17) is 0 Å². The number of carboxylic acids is 1. The highest BCUT2D eigenvalue weighted by Gasteiger charge is 2.26. The van der Waals surface area contributed by atoms with Crippen molar-refractivity contribution in [2.45, 2.75) is 38.6 Å². The fourth-order valence-electron chi connectivity index (χ4n) is 2.67. The van der Waals surface area contributed by atoms with Crippen LogP contribution in [0.15, 0.2) is 24.3 Å². The smallest absolute Gasteiger partial charge is 0.321 e. The van der Waals surface area contributed by atoms with E-state index in [-0.39, 0.29) is 6.04 Å². The molecule has 3 heteroatoms. The van der Waals surface area contributed by atoms with E-state index in [0.29, 0.717) is 6.42 Å². The van der Waals surface area contributed by atoms with Crippen LogP contribution in [-0.4, -0.2) is 35.1 Å². The molecule has 0 aromatic heterocycles. The number of hydrogen-bond donors (Lipinski definition) is 1. The second kappa shape index (κ2) is 6.01. The standard InChI is InChI=1S/C15H21NO2/c1-12-6-5-7-13(10-12)11-14(15(17)18)16-8-3-2-4-9-16/h5-7,10,14H,2-4,8-9,11H2,1H3,(H,17,18)/t14-/m1/s1. The second-order valence-corrected chi connectivity index (χ2v) is 5.14. The van der Waals surface area contributed by atoms with E-state index in [1.807, 2.05) is 25.1 Å². The minimum absolute atomic E-state index is 0.368. The maximum Gasteiger partial charge on any atom is 0.321 e. The van der Waals surface area contributed by atoms with Gasteiger partial charge in [0.25, 0.3) is 0 Å². The zero-order chi connectivity index (χ0) is 13.0. The summed E-state index contributed by atoms with van der Waals surface area (Å²) in [6.45, 7) is 3.88. The second-order valence-electron chi connectivity index (χ2n) is 5.14. The first-order chi connectivity index (χ1) is 8.66. The van der Waals surface area contributed by atoms with Crippen LogP contribution >= 0.6 is 0 Å². The Morgan fingerprint density at radius 2 is 2.06 bits per heavy atom. The molecule has 1 atom stereocenters. The highest BCUT2D eigenvalue weighted by atomic mass is 16.4. The Morgan fingerprint density at radius 3 is 2.67 bits per heavy atom. The molecule has 0 saturated carbocycles. The molecule has 1 fully saturated rings. The van der Waals surface area contributed by atoms with Gasteiger partial charge in [0.15, 0.2) is 0 Å². The number of piperidine rings is 1. The van der Waals surface area contributed by atoms with E-state index in [1.165, 1.54) is 12.0 Å². The number of aliphatic carboxylic acids is 1. The Labute approximate surface area is 108 Å². The van der Waals surface area contributed by atoms with Crippen LogP contribution < -0.4 is 0 Å². The van der Waals surface area contributed by atoms with Gasteiger partial charge in [-0.15, -0.1) is 0 Å². The summed E-state index contributed by atoms with van der Waals surface area (Å²) >= 11 is 0. The molecule has 0 radical (unpaired) electrons. The molecular formula is C15H21NO2. The molecule has 0 unspecified atom stereocenters. The van der Waals surface area contributed by atoms with Gasteiger partial charge in [0.1, 0.15) is 6.04 Å². The zero-order valence-electron chi connectivity index (χ0n) is 10.9. The van der Waals surface area contributed by atoms with Crippen molar-refractivity contribution in [3.05, 3.63) is 35.4 Å². The summed E-state index contributed by atoms with van der Waals surface area (Å²) in [5.41, 5.74) is 2.31. The molecule has 0 spiro atoms. The van der Waals surface area contributed by atoms with Crippen LogP contribution in [0.25, 0.3) is 0 Å². The number of benzene rings is 1. The average Bonchev–Trinajstić information content (AvgIpc) is 2.37. The average molecular weight is 247 g/mol.